The van der Waals surface area contributed by atoms with Gasteiger partial charge in [0.2, 0.25) is 9.70 Å². The van der Waals surface area contributed by atoms with Gasteiger partial charge < -0.3 is 15.4 Å². The Morgan fingerprint density at radius 3 is 2.28 bits per heavy atom. The first-order chi connectivity index (χ1) is 11.5. The van der Waals surface area contributed by atoms with Crippen LogP contribution < -0.4 is 10.6 Å². The number of carbonyl (C=O) groups is 3. The predicted molar refractivity (Wildman–Crippen MR) is 101 cm³/mol. The van der Waals surface area contributed by atoms with Crippen LogP contribution in [0.2, 0.25) is 0 Å². The van der Waals surface area contributed by atoms with Crippen LogP contribution in [0, 0.1) is 6.92 Å². The molecule has 0 spiro atoms. The van der Waals surface area contributed by atoms with Gasteiger partial charge in [-0.1, -0.05) is 41.7 Å². The van der Waals surface area contributed by atoms with E-state index in [1.54, 1.807) is 20.8 Å². The van der Waals surface area contributed by atoms with Gasteiger partial charge in [-0.3, -0.25) is 9.59 Å². The summed E-state index contributed by atoms with van der Waals surface area (Å²) in [5.41, 5.74) is 0.658. The molecule has 0 aliphatic rings. The van der Waals surface area contributed by atoms with E-state index >= 15 is 0 Å². The molecule has 1 amide bonds. The monoisotopic (exact) mass is 428 g/mol. The van der Waals surface area contributed by atoms with Crippen molar-refractivity contribution in [3.8, 4) is 0 Å². The average Bonchev–Trinajstić information content (AvgIpc) is 2.82. The maximum absolute atomic E-state index is 12.3. The van der Waals surface area contributed by atoms with E-state index in [0.717, 1.165) is 11.3 Å². The number of ketones is 1. The smallest absolute Gasteiger partial charge is 0.341 e. The molecule has 6 nitrogen and oxygen atoms in total. The Kier molecular flexibility index (Phi) is 7.99. The highest BCUT2D eigenvalue weighted by Gasteiger charge is 2.36. The number of nitrogens with one attached hydrogen (secondary N) is 2. The predicted octanol–water partition coefficient (Wildman–Crippen LogP) is 4.07. The molecule has 0 unspecified atom stereocenters. The third kappa shape index (κ3) is 5.74. The van der Waals surface area contributed by atoms with Gasteiger partial charge in [-0.2, -0.15) is 0 Å². The molecule has 0 saturated carbocycles. The number of hydrogen-bond donors (Lipinski definition) is 2. The van der Waals surface area contributed by atoms with Gasteiger partial charge in [0.25, 0.3) is 0 Å². The molecule has 10 heteroatoms. The van der Waals surface area contributed by atoms with Crippen LogP contribution in [-0.4, -0.2) is 34.2 Å². The van der Waals surface area contributed by atoms with Gasteiger partial charge in [0, 0.05) is 6.42 Å². The first kappa shape index (κ1) is 22.0. The molecule has 1 atom stereocenters. The van der Waals surface area contributed by atoms with E-state index < -0.39 is 15.9 Å². The van der Waals surface area contributed by atoms with Crippen molar-refractivity contribution in [1.29, 1.82) is 0 Å². The zero-order valence-corrected chi connectivity index (χ0v) is 17.3. The SMILES string of the molecule is CCOC(=O)c1c(N[C@@H](NC(=O)CC)C(Cl)(Cl)Cl)sc(C(C)=O)c1C. The van der Waals surface area contributed by atoms with Crippen LogP contribution in [0.1, 0.15) is 52.8 Å². The Morgan fingerprint density at radius 2 is 1.84 bits per heavy atom. The van der Waals surface area contributed by atoms with Crippen LogP contribution in [0.5, 0.6) is 0 Å². The Bertz CT molecular complexity index is 670. The Labute approximate surface area is 165 Å². The van der Waals surface area contributed by atoms with E-state index in [2.05, 4.69) is 10.6 Å². The van der Waals surface area contributed by atoms with Gasteiger partial charge in [0.1, 0.15) is 11.2 Å². The highest BCUT2D eigenvalue weighted by Crippen LogP contribution is 2.37. The highest BCUT2D eigenvalue weighted by atomic mass is 35.6. The number of carbonyl (C=O) groups excluding carboxylic acids is 3. The standard InChI is InChI=1S/C15H19Cl3N2O4S/c1-5-9(22)19-14(15(16,17)18)20-12-10(13(23)24-6-2)7(3)11(25-12)8(4)21/h14,20H,5-6H2,1-4H3,(H,19,22)/t14-/m1/s1. The third-order valence-corrected chi connectivity index (χ3v) is 5.15. The van der Waals surface area contributed by atoms with Crippen LogP contribution >= 0.6 is 46.1 Å². The van der Waals surface area contributed by atoms with E-state index in [1.807, 2.05) is 0 Å². The van der Waals surface area contributed by atoms with Crippen LogP contribution in [-0.2, 0) is 9.53 Å². The third-order valence-electron chi connectivity index (χ3n) is 3.18. The number of amides is 1. The van der Waals surface area contributed by atoms with Gasteiger partial charge in [-0.15, -0.1) is 11.3 Å². The molecule has 1 heterocycles. The van der Waals surface area contributed by atoms with Gasteiger partial charge in [0.05, 0.1) is 17.0 Å². The number of thiophene rings is 1. The van der Waals surface area contributed by atoms with E-state index in [1.165, 1.54) is 6.92 Å². The van der Waals surface area contributed by atoms with Crippen molar-refractivity contribution in [3.05, 3.63) is 16.0 Å². The molecule has 1 aromatic heterocycles. The first-order valence-electron chi connectivity index (χ1n) is 7.46. The second-order valence-electron chi connectivity index (χ2n) is 5.08. The normalized spacial score (nSPS) is 12.4. The van der Waals surface area contributed by atoms with Crippen molar-refractivity contribution in [3.63, 3.8) is 0 Å². The molecular formula is C15H19Cl3N2O4S. The summed E-state index contributed by atoms with van der Waals surface area (Å²) in [5, 5.41) is 5.67. The van der Waals surface area contributed by atoms with Crippen molar-refractivity contribution in [1.82, 2.24) is 5.32 Å². The van der Waals surface area contributed by atoms with Crippen molar-refractivity contribution in [2.24, 2.45) is 0 Å². The molecule has 25 heavy (non-hydrogen) atoms. The molecule has 0 aromatic carbocycles. The summed E-state index contributed by atoms with van der Waals surface area (Å²) in [4.78, 5) is 36.2. The minimum atomic E-state index is -1.88. The molecule has 0 aliphatic heterocycles. The lowest BCUT2D eigenvalue weighted by Crippen LogP contribution is -2.49. The van der Waals surface area contributed by atoms with Crippen LogP contribution in [0.3, 0.4) is 0 Å². The number of anilines is 1. The maximum Gasteiger partial charge on any atom is 0.341 e. The molecule has 0 saturated heterocycles. The molecule has 1 rings (SSSR count). The number of ether oxygens (including phenoxy) is 1. The number of esters is 1. The number of hydrogen-bond acceptors (Lipinski definition) is 6. The van der Waals surface area contributed by atoms with Gasteiger partial charge in [0.15, 0.2) is 5.78 Å². The number of rotatable bonds is 7. The van der Waals surface area contributed by atoms with Crippen LogP contribution in [0.25, 0.3) is 0 Å². The summed E-state index contributed by atoms with van der Waals surface area (Å²) in [6.07, 6.45) is -0.915. The minimum absolute atomic E-state index is 0.170. The lowest BCUT2D eigenvalue weighted by atomic mass is 10.1. The van der Waals surface area contributed by atoms with Crippen molar-refractivity contribution in [2.45, 2.75) is 44.1 Å². The summed E-state index contributed by atoms with van der Waals surface area (Å²) in [7, 11) is 0. The lowest BCUT2D eigenvalue weighted by molar-refractivity contribution is -0.121. The minimum Gasteiger partial charge on any atom is -0.462 e. The first-order valence-corrected chi connectivity index (χ1v) is 9.41. The van der Waals surface area contributed by atoms with Crippen LogP contribution in [0.15, 0.2) is 0 Å². The molecule has 0 fully saturated rings. The number of halogens is 3. The molecule has 0 radical (unpaired) electrons. The summed E-state index contributed by atoms with van der Waals surface area (Å²) in [6, 6.07) is 0. The Balaban J connectivity index is 3.33. The molecule has 1 aromatic rings. The Hall–Kier alpha value is -1.02. The van der Waals surface area contributed by atoms with E-state index in [0.29, 0.717) is 10.4 Å². The second kappa shape index (κ2) is 9.07. The summed E-state index contributed by atoms with van der Waals surface area (Å²) >= 11 is 18.8. The zero-order chi connectivity index (χ0) is 19.4. The van der Waals surface area contributed by atoms with Crippen molar-refractivity contribution >= 4 is 68.8 Å². The molecule has 140 valence electrons. The fourth-order valence-corrected chi connectivity index (χ4v) is 3.44. The second-order valence-corrected chi connectivity index (χ2v) is 8.47. The fraction of sp³-hybridized carbons (Fsp3) is 0.533. The maximum atomic E-state index is 12.3. The lowest BCUT2D eigenvalue weighted by Gasteiger charge is -2.27. The Morgan fingerprint density at radius 1 is 1.24 bits per heavy atom. The summed E-state index contributed by atoms with van der Waals surface area (Å²) in [5.74, 6) is -1.15. The van der Waals surface area contributed by atoms with Gasteiger partial charge in [-0.25, -0.2) is 4.79 Å². The van der Waals surface area contributed by atoms with E-state index in [-0.39, 0.29) is 35.3 Å². The molecular weight excluding hydrogens is 411 g/mol. The average molecular weight is 430 g/mol. The molecule has 0 bridgehead atoms. The number of alkyl halides is 3. The van der Waals surface area contributed by atoms with Crippen LogP contribution in [0.4, 0.5) is 5.00 Å². The summed E-state index contributed by atoms with van der Waals surface area (Å²) in [6.45, 7) is 6.52. The van der Waals surface area contributed by atoms with Crippen molar-refractivity contribution in [2.75, 3.05) is 11.9 Å². The largest absolute Gasteiger partial charge is 0.462 e. The zero-order valence-electron chi connectivity index (χ0n) is 14.2. The van der Waals surface area contributed by atoms with E-state index in [4.69, 9.17) is 39.5 Å². The number of Topliss-reactive ketones (excluding diaryl/α,β-unsaturated/α-hetero) is 1. The fourth-order valence-electron chi connectivity index (χ4n) is 1.99. The quantitative estimate of drug-likeness (QED) is 0.295. The molecule has 2 N–H and O–H groups in total. The van der Waals surface area contributed by atoms with Crippen molar-refractivity contribution < 1.29 is 19.1 Å². The van der Waals surface area contributed by atoms with Gasteiger partial charge >= 0.3 is 5.97 Å². The van der Waals surface area contributed by atoms with Gasteiger partial charge in [-0.05, 0) is 26.3 Å². The van der Waals surface area contributed by atoms with E-state index in [9.17, 15) is 14.4 Å². The molecule has 0 aliphatic carbocycles. The summed E-state index contributed by atoms with van der Waals surface area (Å²) < 4.78 is 3.16. The topological polar surface area (TPSA) is 84.5 Å². The highest BCUT2D eigenvalue weighted by molar-refractivity contribution is 7.18.